The zero-order valence-electron chi connectivity index (χ0n) is 20.9. The number of hydrogen-bond acceptors (Lipinski definition) is 3. The minimum Gasteiger partial charge on any atom is -0.370 e. The van der Waals surface area contributed by atoms with Crippen LogP contribution in [0.1, 0.15) is 61.9 Å². The highest BCUT2D eigenvalue weighted by atomic mass is 19.1. The monoisotopic (exact) mass is 490 g/mol. The molecule has 1 fully saturated rings. The average Bonchev–Trinajstić information content (AvgIpc) is 3.32. The molecule has 0 aliphatic carbocycles. The van der Waals surface area contributed by atoms with E-state index in [2.05, 4.69) is 36.2 Å². The van der Waals surface area contributed by atoms with Gasteiger partial charge in [0.15, 0.2) is 0 Å². The number of halogens is 1. The van der Waals surface area contributed by atoms with E-state index >= 15 is 0 Å². The summed E-state index contributed by atoms with van der Waals surface area (Å²) < 4.78 is 15.7. The van der Waals surface area contributed by atoms with Crippen LogP contribution in [0.5, 0.6) is 0 Å². The summed E-state index contributed by atoms with van der Waals surface area (Å²) in [7, 11) is 0. The van der Waals surface area contributed by atoms with Crippen molar-refractivity contribution in [2.24, 2.45) is 5.73 Å². The number of unbranched alkanes of at least 4 members (excludes halogenated alkanes) is 2. The summed E-state index contributed by atoms with van der Waals surface area (Å²) in [6.07, 6.45) is 8.91. The lowest BCUT2D eigenvalue weighted by Gasteiger charge is -2.52. The first kappa shape index (κ1) is 25.6. The van der Waals surface area contributed by atoms with Crippen LogP contribution >= 0.6 is 0 Å². The van der Waals surface area contributed by atoms with Gasteiger partial charge in [-0.1, -0.05) is 68.7 Å². The lowest BCUT2D eigenvalue weighted by molar-refractivity contribution is -0.143. The van der Waals surface area contributed by atoms with Crippen molar-refractivity contribution in [1.82, 2.24) is 14.5 Å². The smallest absolute Gasteiger partial charge is 0.246 e. The molecular weight excluding hydrogens is 455 g/mol. The molecule has 1 saturated heterocycles. The largest absolute Gasteiger partial charge is 0.370 e. The Bertz CT molecular complexity index is 1170. The maximum Gasteiger partial charge on any atom is 0.246 e. The maximum absolute atomic E-state index is 13.9. The average molecular weight is 491 g/mol. The fourth-order valence-electron chi connectivity index (χ4n) is 5.18. The molecule has 7 heteroatoms. The molecule has 0 radical (unpaired) electrons. The predicted molar refractivity (Wildman–Crippen MR) is 138 cm³/mol. The molecule has 36 heavy (non-hydrogen) atoms. The summed E-state index contributed by atoms with van der Waals surface area (Å²) in [6.45, 7) is 3.54. The first-order valence-corrected chi connectivity index (χ1v) is 12.8. The van der Waals surface area contributed by atoms with Gasteiger partial charge >= 0.3 is 0 Å². The molecule has 0 unspecified atom stereocenters. The standard InChI is InChI=1S/C29H35FN4O2/c1-2-3-7-15-29(23-10-5-4-6-11-23)19-34(20-29)28(36)26(17-22-9-8-12-24(30)16-22)33-18-25(32-21-33)13-14-27(31)35/h4-6,8-12,16,18,21,26H,2-3,7,13-15,17,19-20H2,1H3,(H2,31,35)/t26-/m1/s1. The summed E-state index contributed by atoms with van der Waals surface area (Å²) in [5.41, 5.74) is 7.98. The molecule has 0 spiro atoms. The Hall–Kier alpha value is -3.48. The van der Waals surface area contributed by atoms with Crippen LogP contribution in [0.2, 0.25) is 0 Å². The summed E-state index contributed by atoms with van der Waals surface area (Å²) >= 11 is 0. The number of benzene rings is 2. The van der Waals surface area contributed by atoms with Crippen molar-refractivity contribution in [3.8, 4) is 0 Å². The van der Waals surface area contributed by atoms with Gasteiger partial charge < -0.3 is 15.2 Å². The Morgan fingerprint density at radius 3 is 2.58 bits per heavy atom. The fourth-order valence-corrected chi connectivity index (χ4v) is 5.18. The third-order valence-electron chi connectivity index (χ3n) is 7.19. The number of aryl methyl sites for hydroxylation is 1. The van der Waals surface area contributed by atoms with Crippen LogP contribution in [0.25, 0.3) is 0 Å². The normalized spacial score (nSPS) is 15.3. The Balaban J connectivity index is 1.55. The number of likely N-dealkylation sites (tertiary alicyclic amines) is 1. The minimum atomic E-state index is -0.550. The molecule has 0 bridgehead atoms. The van der Waals surface area contributed by atoms with Crippen LogP contribution in [0.15, 0.2) is 67.1 Å². The second-order valence-electron chi connectivity index (χ2n) is 9.93. The van der Waals surface area contributed by atoms with Crippen molar-refractivity contribution in [3.05, 3.63) is 89.8 Å². The van der Waals surface area contributed by atoms with Crippen LogP contribution in [0, 0.1) is 5.82 Å². The Morgan fingerprint density at radius 2 is 1.89 bits per heavy atom. The quantitative estimate of drug-likeness (QED) is 0.377. The maximum atomic E-state index is 13.9. The van der Waals surface area contributed by atoms with Gasteiger partial charge in [-0.05, 0) is 36.1 Å². The number of rotatable bonds is 12. The molecule has 2 heterocycles. The lowest BCUT2D eigenvalue weighted by Crippen LogP contribution is -2.62. The van der Waals surface area contributed by atoms with Crippen molar-refractivity contribution in [1.29, 1.82) is 0 Å². The van der Waals surface area contributed by atoms with Crippen LogP contribution in [-0.2, 0) is 27.8 Å². The van der Waals surface area contributed by atoms with Gasteiger partial charge in [0.05, 0.1) is 12.0 Å². The van der Waals surface area contributed by atoms with E-state index in [1.165, 1.54) is 24.1 Å². The summed E-state index contributed by atoms with van der Waals surface area (Å²) in [4.78, 5) is 31.4. The third kappa shape index (κ3) is 6.01. The van der Waals surface area contributed by atoms with E-state index in [-0.39, 0.29) is 23.6 Å². The summed E-state index contributed by atoms with van der Waals surface area (Å²) in [6, 6.07) is 16.3. The molecule has 1 aromatic heterocycles. The molecule has 2 aromatic carbocycles. The number of carbonyl (C=O) groups excluding carboxylic acids is 2. The Morgan fingerprint density at radius 1 is 1.11 bits per heavy atom. The van der Waals surface area contributed by atoms with E-state index in [4.69, 9.17) is 5.73 Å². The number of imidazole rings is 1. The number of hydrogen-bond donors (Lipinski definition) is 1. The lowest BCUT2D eigenvalue weighted by atomic mass is 9.70. The van der Waals surface area contributed by atoms with Gasteiger partial charge in [0.1, 0.15) is 11.9 Å². The Kier molecular flexibility index (Phi) is 8.18. The van der Waals surface area contributed by atoms with Crippen molar-refractivity contribution >= 4 is 11.8 Å². The zero-order valence-corrected chi connectivity index (χ0v) is 20.9. The number of nitrogens with two attached hydrogens (primary N) is 1. The van der Waals surface area contributed by atoms with Gasteiger partial charge in [0.25, 0.3) is 0 Å². The molecule has 0 saturated carbocycles. The zero-order chi connectivity index (χ0) is 25.5. The summed E-state index contributed by atoms with van der Waals surface area (Å²) in [5, 5.41) is 0. The molecule has 3 aromatic rings. The number of carbonyl (C=O) groups is 2. The molecule has 6 nitrogen and oxygen atoms in total. The highest BCUT2D eigenvalue weighted by molar-refractivity contribution is 5.82. The van der Waals surface area contributed by atoms with Crippen LogP contribution in [-0.4, -0.2) is 39.4 Å². The van der Waals surface area contributed by atoms with E-state index in [1.54, 1.807) is 23.2 Å². The molecule has 4 rings (SSSR count). The van der Waals surface area contributed by atoms with Crippen LogP contribution in [0.3, 0.4) is 0 Å². The minimum absolute atomic E-state index is 0.000148. The topological polar surface area (TPSA) is 81.2 Å². The molecule has 190 valence electrons. The number of nitrogens with zero attached hydrogens (tertiary/aromatic N) is 3. The van der Waals surface area contributed by atoms with Crippen molar-refractivity contribution in [2.75, 3.05) is 13.1 Å². The first-order valence-electron chi connectivity index (χ1n) is 12.8. The van der Waals surface area contributed by atoms with Crippen LogP contribution < -0.4 is 5.73 Å². The van der Waals surface area contributed by atoms with Crippen molar-refractivity contribution < 1.29 is 14.0 Å². The highest BCUT2D eigenvalue weighted by Crippen LogP contribution is 2.40. The van der Waals surface area contributed by atoms with Gasteiger partial charge in [-0.2, -0.15) is 0 Å². The van der Waals surface area contributed by atoms with Crippen molar-refractivity contribution in [2.45, 2.75) is 63.3 Å². The number of amides is 2. The van der Waals surface area contributed by atoms with Crippen LogP contribution in [0.4, 0.5) is 4.39 Å². The molecular formula is C29H35FN4O2. The van der Waals surface area contributed by atoms with E-state index in [0.717, 1.165) is 24.8 Å². The van der Waals surface area contributed by atoms with Gasteiger partial charge in [-0.3, -0.25) is 9.59 Å². The van der Waals surface area contributed by atoms with Gasteiger partial charge in [-0.25, -0.2) is 9.37 Å². The summed E-state index contributed by atoms with van der Waals surface area (Å²) in [5.74, 6) is -0.715. The first-order chi connectivity index (χ1) is 17.4. The highest BCUT2D eigenvalue weighted by Gasteiger charge is 2.47. The Labute approximate surface area is 212 Å². The van der Waals surface area contributed by atoms with Gasteiger partial charge in [0.2, 0.25) is 11.8 Å². The molecule has 1 aliphatic heterocycles. The van der Waals surface area contributed by atoms with E-state index in [9.17, 15) is 14.0 Å². The second kappa shape index (κ2) is 11.5. The number of aromatic nitrogens is 2. The second-order valence-corrected chi connectivity index (χ2v) is 9.93. The molecule has 2 N–H and O–H groups in total. The number of primary amides is 1. The van der Waals surface area contributed by atoms with Crippen molar-refractivity contribution in [3.63, 3.8) is 0 Å². The predicted octanol–water partition coefficient (Wildman–Crippen LogP) is 4.58. The molecule has 2 amide bonds. The third-order valence-corrected chi connectivity index (χ3v) is 7.19. The molecule has 1 atom stereocenters. The van der Waals surface area contributed by atoms with Gasteiger partial charge in [-0.15, -0.1) is 0 Å². The SMILES string of the molecule is CCCCCC1(c2ccccc2)CN(C(=O)[C@@H](Cc2cccc(F)c2)n2cnc(CCC(N)=O)c2)C1. The van der Waals surface area contributed by atoms with E-state index in [0.29, 0.717) is 31.6 Å². The van der Waals surface area contributed by atoms with E-state index < -0.39 is 11.9 Å². The molecule has 1 aliphatic rings. The fraction of sp³-hybridized carbons (Fsp3) is 0.414. The van der Waals surface area contributed by atoms with Gasteiger partial charge in [0, 0.05) is 37.5 Å². The van der Waals surface area contributed by atoms with E-state index in [1.807, 2.05) is 17.0 Å².